The van der Waals surface area contributed by atoms with Gasteiger partial charge in [-0.25, -0.2) is 0 Å². The molecule has 1 spiro atoms. The van der Waals surface area contributed by atoms with E-state index in [1.165, 1.54) is 55.7 Å². The Labute approximate surface area is 161 Å². The average molecular weight is 348 g/mol. The lowest BCUT2D eigenvalue weighted by Crippen LogP contribution is -2.27. The number of aryl methyl sites for hydroxylation is 1. The lowest BCUT2D eigenvalue weighted by atomic mass is 9.69. The number of fused-ring (bicyclic) bond motifs is 7. The van der Waals surface area contributed by atoms with E-state index in [1.807, 2.05) is 0 Å². The summed E-state index contributed by atoms with van der Waals surface area (Å²) < 4.78 is 0. The van der Waals surface area contributed by atoms with E-state index in [4.69, 9.17) is 0 Å². The Morgan fingerprint density at radius 1 is 0.704 bits per heavy atom. The van der Waals surface area contributed by atoms with Crippen LogP contribution in [0.15, 0.2) is 84.0 Å². The molecule has 0 saturated carbocycles. The van der Waals surface area contributed by atoms with Gasteiger partial charge in [-0.3, -0.25) is 0 Å². The number of hydrogen-bond donors (Lipinski definition) is 0. The van der Waals surface area contributed by atoms with E-state index in [2.05, 4.69) is 101 Å². The topological polar surface area (TPSA) is 0 Å². The number of allylic oxidation sites excluding steroid dienone is 4. The van der Waals surface area contributed by atoms with Crippen LogP contribution < -0.4 is 0 Å². The second-order valence-corrected chi connectivity index (χ2v) is 8.10. The lowest BCUT2D eigenvalue weighted by Gasteiger charge is -2.32. The molecule has 3 aromatic rings. The first-order valence-electron chi connectivity index (χ1n) is 9.73. The molecule has 27 heavy (non-hydrogen) atoms. The van der Waals surface area contributed by atoms with Gasteiger partial charge >= 0.3 is 0 Å². The van der Waals surface area contributed by atoms with Gasteiger partial charge in [-0.2, -0.15) is 0 Å². The summed E-state index contributed by atoms with van der Waals surface area (Å²) in [6, 6.07) is 24.7. The summed E-state index contributed by atoms with van der Waals surface area (Å²) in [4.78, 5) is 0. The maximum atomic E-state index is 2.36. The maximum Gasteiger partial charge on any atom is 0.0688 e. The van der Waals surface area contributed by atoms with Crippen LogP contribution in [0.25, 0.3) is 16.7 Å². The molecule has 2 aliphatic carbocycles. The highest BCUT2D eigenvalue weighted by atomic mass is 14.5. The summed E-state index contributed by atoms with van der Waals surface area (Å²) in [5, 5.41) is 0. The Balaban J connectivity index is 2.01. The third-order valence-electron chi connectivity index (χ3n) is 6.29. The first-order chi connectivity index (χ1) is 13.1. The number of benzene rings is 3. The number of rotatable bonds is 1. The van der Waals surface area contributed by atoms with Gasteiger partial charge in [0.2, 0.25) is 0 Å². The van der Waals surface area contributed by atoms with Crippen LogP contribution in [0.1, 0.15) is 48.6 Å². The minimum atomic E-state index is -0.171. The minimum absolute atomic E-state index is 0.171. The SMILES string of the molecule is CC(C)=CC1=C(C)C2(c3ccccc31)c1ccccc1-c1cccc(C)c12. The van der Waals surface area contributed by atoms with Crippen molar-refractivity contribution < 1.29 is 0 Å². The smallest absolute Gasteiger partial charge is 0.0688 e. The zero-order valence-corrected chi connectivity index (χ0v) is 16.4. The zero-order valence-electron chi connectivity index (χ0n) is 16.4. The standard InChI is InChI=1S/C27H24/c1-17(2)16-23-19(4)27(25-15-8-6-12-21(23)25)24-14-7-5-11-20(24)22-13-9-10-18(3)26(22)27/h5-16H,1-4H3. The van der Waals surface area contributed by atoms with Gasteiger partial charge in [0.05, 0.1) is 5.41 Å². The summed E-state index contributed by atoms with van der Waals surface area (Å²) in [5.41, 5.74) is 13.8. The highest BCUT2D eigenvalue weighted by molar-refractivity contribution is 5.96. The quantitative estimate of drug-likeness (QED) is 0.441. The molecule has 1 atom stereocenters. The molecule has 0 amide bonds. The van der Waals surface area contributed by atoms with Crippen LogP contribution in [-0.2, 0) is 5.41 Å². The molecule has 0 N–H and O–H groups in total. The summed E-state index contributed by atoms with van der Waals surface area (Å²) >= 11 is 0. The largest absolute Gasteiger partial charge is 0.0758 e. The predicted molar refractivity (Wildman–Crippen MR) is 115 cm³/mol. The van der Waals surface area contributed by atoms with Crippen molar-refractivity contribution in [2.75, 3.05) is 0 Å². The van der Waals surface area contributed by atoms with Crippen LogP contribution in [-0.4, -0.2) is 0 Å². The normalized spacial score (nSPS) is 19.1. The second kappa shape index (κ2) is 5.57. The number of hydrogen-bond acceptors (Lipinski definition) is 0. The van der Waals surface area contributed by atoms with Gasteiger partial charge in [-0.1, -0.05) is 78.4 Å². The first kappa shape index (κ1) is 16.3. The van der Waals surface area contributed by atoms with E-state index < -0.39 is 0 Å². The monoisotopic (exact) mass is 348 g/mol. The summed E-state index contributed by atoms with van der Waals surface area (Å²) in [6.45, 7) is 8.99. The fraction of sp³-hybridized carbons (Fsp3) is 0.185. The van der Waals surface area contributed by atoms with Crippen molar-refractivity contribution in [2.45, 2.75) is 33.1 Å². The molecule has 0 fully saturated rings. The van der Waals surface area contributed by atoms with Gasteiger partial charge in [-0.15, -0.1) is 0 Å². The van der Waals surface area contributed by atoms with Crippen LogP contribution >= 0.6 is 0 Å². The van der Waals surface area contributed by atoms with E-state index in [0.29, 0.717) is 0 Å². The molecule has 0 radical (unpaired) electrons. The summed E-state index contributed by atoms with van der Waals surface area (Å²) in [5.74, 6) is 0. The van der Waals surface area contributed by atoms with Crippen LogP contribution in [0.3, 0.4) is 0 Å². The molecule has 5 rings (SSSR count). The van der Waals surface area contributed by atoms with Gasteiger partial charge in [0.25, 0.3) is 0 Å². The molecule has 0 nitrogen and oxygen atoms in total. The molecule has 2 aliphatic rings. The average Bonchev–Trinajstić information content (AvgIpc) is 3.10. The molecule has 3 aromatic carbocycles. The maximum absolute atomic E-state index is 2.36. The van der Waals surface area contributed by atoms with Gasteiger partial charge in [0, 0.05) is 0 Å². The first-order valence-corrected chi connectivity index (χ1v) is 9.73. The molecule has 0 bridgehead atoms. The molecule has 1 unspecified atom stereocenters. The highest BCUT2D eigenvalue weighted by Crippen LogP contribution is 2.62. The molecule has 0 heteroatoms. The van der Waals surface area contributed by atoms with Crippen LogP contribution in [0.5, 0.6) is 0 Å². The van der Waals surface area contributed by atoms with Crippen LogP contribution in [0.2, 0.25) is 0 Å². The van der Waals surface area contributed by atoms with Crippen LogP contribution in [0, 0.1) is 6.92 Å². The third kappa shape index (κ3) is 1.93. The Kier molecular flexibility index (Phi) is 3.37. The van der Waals surface area contributed by atoms with Crippen LogP contribution in [0.4, 0.5) is 0 Å². The zero-order chi connectivity index (χ0) is 18.8. The molecule has 0 aliphatic heterocycles. The lowest BCUT2D eigenvalue weighted by molar-refractivity contribution is 0.760. The van der Waals surface area contributed by atoms with Crippen molar-refractivity contribution in [3.05, 3.63) is 112 Å². The fourth-order valence-electron chi connectivity index (χ4n) is 5.36. The third-order valence-corrected chi connectivity index (χ3v) is 6.29. The van der Waals surface area contributed by atoms with Crippen molar-refractivity contribution in [3.8, 4) is 11.1 Å². The molecule has 0 saturated heterocycles. The fourth-order valence-corrected chi connectivity index (χ4v) is 5.36. The Morgan fingerprint density at radius 2 is 1.30 bits per heavy atom. The van der Waals surface area contributed by atoms with E-state index in [-0.39, 0.29) is 5.41 Å². The Hall–Kier alpha value is -2.86. The van der Waals surface area contributed by atoms with E-state index in [0.717, 1.165) is 0 Å². The van der Waals surface area contributed by atoms with E-state index in [1.54, 1.807) is 0 Å². The van der Waals surface area contributed by atoms with Gasteiger partial charge in [0.15, 0.2) is 0 Å². The Morgan fingerprint density at radius 3 is 2.00 bits per heavy atom. The van der Waals surface area contributed by atoms with Crippen molar-refractivity contribution in [2.24, 2.45) is 0 Å². The molecular weight excluding hydrogens is 324 g/mol. The predicted octanol–water partition coefficient (Wildman–Crippen LogP) is 7.06. The van der Waals surface area contributed by atoms with Crippen molar-refractivity contribution in [3.63, 3.8) is 0 Å². The minimum Gasteiger partial charge on any atom is -0.0758 e. The molecule has 0 heterocycles. The highest BCUT2D eigenvalue weighted by Gasteiger charge is 2.51. The van der Waals surface area contributed by atoms with Crippen molar-refractivity contribution >= 4 is 5.57 Å². The summed E-state index contributed by atoms with van der Waals surface area (Å²) in [7, 11) is 0. The summed E-state index contributed by atoms with van der Waals surface area (Å²) in [6.07, 6.45) is 2.36. The second-order valence-electron chi connectivity index (χ2n) is 8.10. The molecule has 132 valence electrons. The van der Waals surface area contributed by atoms with Gasteiger partial charge in [0.1, 0.15) is 0 Å². The van der Waals surface area contributed by atoms with E-state index >= 15 is 0 Å². The van der Waals surface area contributed by atoms with Gasteiger partial charge in [-0.05, 0) is 77.8 Å². The Bertz CT molecular complexity index is 1150. The molecular formula is C27H24. The van der Waals surface area contributed by atoms with Crippen molar-refractivity contribution in [1.82, 2.24) is 0 Å². The van der Waals surface area contributed by atoms with E-state index in [9.17, 15) is 0 Å². The molecule has 0 aromatic heterocycles. The van der Waals surface area contributed by atoms with Gasteiger partial charge < -0.3 is 0 Å². The van der Waals surface area contributed by atoms with Crippen molar-refractivity contribution in [1.29, 1.82) is 0 Å².